The van der Waals surface area contributed by atoms with Gasteiger partial charge in [-0.25, -0.2) is 0 Å². The third-order valence-electron chi connectivity index (χ3n) is 3.74. The van der Waals surface area contributed by atoms with E-state index in [1.165, 1.54) is 25.7 Å². The predicted octanol–water partition coefficient (Wildman–Crippen LogP) is 3.84. The zero-order valence-corrected chi connectivity index (χ0v) is 9.17. The molecular weight excluding hydrogens is 214 g/mol. The minimum Gasteiger partial charge on any atom is -0.126 e. The molecule has 2 aliphatic rings. The first-order chi connectivity index (χ1) is 5.69. The topological polar surface area (TPSA) is 0 Å². The van der Waals surface area contributed by atoms with Crippen molar-refractivity contribution in [3.8, 4) is 0 Å². The Morgan fingerprint density at radius 2 is 2.17 bits per heavy atom. The molecule has 2 rings (SSSR count). The second-order valence-corrected chi connectivity index (χ2v) is 5.63. The number of halogens is 3. The number of alkyl halides is 3. The maximum Gasteiger partial charge on any atom is 0.113 e. The second-order valence-electron chi connectivity index (χ2n) is 4.23. The van der Waals surface area contributed by atoms with Gasteiger partial charge in [0.15, 0.2) is 0 Å². The molecule has 0 radical (unpaired) electrons. The first kappa shape index (κ1) is 9.43. The van der Waals surface area contributed by atoms with Crippen LogP contribution in [-0.2, 0) is 0 Å². The molecule has 0 spiro atoms. The van der Waals surface area contributed by atoms with E-state index in [4.69, 9.17) is 34.8 Å². The van der Waals surface area contributed by atoms with Crippen molar-refractivity contribution in [3.05, 3.63) is 0 Å². The molecule has 0 N–H and O–H groups in total. The summed E-state index contributed by atoms with van der Waals surface area (Å²) in [5, 5.41) is 0. The summed E-state index contributed by atoms with van der Waals surface area (Å²) in [6.45, 7) is 0. The van der Waals surface area contributed by atoms with E-state index < -0.39 is 0 Å². The molecule has 0 nitrogen and oxygen atoms in total. The number of hydrogen-bond donors (Lipinski definition) is 0. The van der Waals surface area contributed by atoms with Gasteiger partial charge < -0.3 is 0 Å². The van der Waals surface area contributed by atoms with E-state index in [-0.39, 0.29) is 10.3 Å². The highest BCUT2D eigenvalue weighted by atomic mass is 35.5. The van der Waals surface area contributed by atoms with Crippen molar-refractivity contribution in [1.29, 1.82) is 0 Å². The van der Waals surface area contributed by atoms with Gasteiger partial charge in [-0.05, 0) is 37.5 Å². The molecule has 12 heavy (non-hydrogen) atoms. The van der Waals surface area contributed by atoms with Crippen LogP contribution in [0.5, 0.6) is 0 Å². The Kier molecular flexibility index (Phi) is 2.53. The molecule has 3 heteroatoms. The van der Waals surface area contributed by atoms with Crippen LogP contribution in [0.4, 0.5) is 0 Å². The molecule has 0 heterocycles. The first-order valence-electron chi connectivity index (χ1n) is 4.53. The summed E-state index contributed by atoms with van der Waals surface area (Å²) in [7, 11) is 0. The van der Waals surface area contributed by atoms with Crippen LogP contribution in [0, 0.1) is 17.3 Å². The van der Waals surface area contributed by atoms with Crippen LogP contribution < -0.4 is 0 Å². The van der Waals surface area contributed by atoms with Crippen LogP contribution in [0.2, 0.25) is 0 Å². The standard InChI is InChI=1S/C9H13Cl3/c10-5-7-3-6-1-2-9(7,4-6)8(11)12/h6-8H,1-5H2. The van der Waals surface area contributed by atoms with Crippen LogP contribution in [0.25, 0.3) is 0 Å². The molecule has 2 aliphatic carbocycles. The summed E-state index contributed by atoms with van der Waals surface area (Å²) in [6.07, 6.45) is 4.96. The van der Waals surface area contributed by atoms with Crippen molar-refractivity contribution in [2.45, 2.75) is 30.5 Å². The summed E-state index contributed by atoms with van der Waals surface area (Å²) in [5.41, 5.74) is 0.176. The predicted molar refractivity (Wildman–Crippen MR) is 54.1 cm³/mol. The lowest BCUT2D eigenvalue weighted by atomic mass is 9.77. The molecule has 2 bridgehead atoms. The monoisotopic (exact) mass is 226 g/mol. The highest BCUT2D eigenvalue weighted by Crippen LogP contribution is 2.61. The average molecular weight is 228 g/mol. The normalized spacial score (nSPS) is 46.0. The molecule has 0 aliphatic heterocycles. The Labute approximate surface area is 88.6 Å². The lowest BCUT2D eigenvalue weighted by Crippen LogP contribution is -2.32. The van der Waals surface area contributed by atoms with Crippen molar-refractivity contribution < 1.29 is 0 Å². The van der Waals surface area contributed by atoms with Gasteiger partial charge in [0.2, 0.25) is 0 Å². The van der Waals surface area contributed by atoms with Crippen LogP contribution in [0.15, 0.2) is 0 Å². The molecule has 0 amide bonds. The molecule has 2 fully saturated rings. The van der Waals surface area contributed by atoms with E-state index in [1.807, 2.05) is 0 Å². The molecule has 0 saturated heterocycles. The van der Waals surface area contributed by atoms with Gasteiger partial charge in [0.1, 0.15) is 4.84 Å². The van der Waals surface area contributed by atoms with Gasteiger partial charge in [0.05, 0.1) is 0 Å². The quantitative estimate of drug-likeness (QED) is 0.629. The van der Waals surface area contributed by atoms with Crippen molar-refractivity contribution in [2.24, 2.45) is 17.3 Å². The van der Waals surface area contributed by atoms with Crippen molar-refractivity contribution in [3.63, 3.8) is 0 Å². The fraction of sp³-hybridized carbons (Fsp3) is 1.00. The summed E-state index contributed by atoms with van der Waals surface area (Å²) in [4.78, 5) is -0.214. The van der Waals surface area contributed by atoms with E-state index >= 15 is 0 Å². The number of rotatable bonds is 2. The Hall–Kier alpha value is 0.870. The van der Waals surface area contributed by atoms with Gasteiger partial charge in [0, 0.05) is 11.3 Å². The molecule has 70 valence electrons. The third-order valence-corrected chi connectivity index (χ3v) is 4.98. The Balaban J connectivity index is 2.20. The smallest absolute Gasteiger partial charge is 0.113 e. The van der Waals surface area contributed by atoms with E-state index in [0.717, 1.165) is 11.8 Å². The Morgan fingerprint density at radius 1 is 1.42 bits per heavy atom. The van der Waals surface area contributed by atoms with Crippen LogP contribution in [0.1, 0.15) is 25.7 Å². The van der Waals surface area contributed by atoms with Crippen molar-refractivity contribution >= 4 is 34.8 Å². The zero-order valence-electron chi connectivity index (χ0n) is 6.90. The zero-order chi connectivity index (χ0) is 8.77. The Bertz CT molecular complexity index is 181. The molecular formula is C9H13Cl3. The van der Waals surface area contributed by atoms with Gasteiger partial charge in [-0.2, -0.15) is 0 Å². The fourth-order valence-electron chi connectivity index (χ4n) is 3.02. The summed E-state index contributed by atoms with van der Waals surface area (Å²) in [6, 6.07) is 0. The summed E-state index contributed by atoms with van der Waals surface area (Å²) >= 11 is 18.0. The second kappa shape index (κ2) is 3.22. The van der Waals surface area contributed by atoms with E-state index in [1.54, 1.807) is 0 Å². The Morgan fingerprint density at radius 3 is 2.58 bits per heavy atom. The fourth-order valence-corrected chi connectivity index (χ4v) is 4.20. The van der Waals surface area contributed by atoms with E-state index in [9.17, 15) is 0 Å². The van der Waals surface area contributed by atoms with E-state index in [0.29, 0.717) is 5.92 Å². The highest BCUT2D eigenvalue weighted by molar-refractivity contribution is 6.44. The molecule has 3 unspecified atom stereocenters. The number of fused-ring (bicyclic) bond motifs is 2. The molecule has 3 atom stereocenters. The van der Waals surface area contributed by atoms with Gasteiger partial charge >= 0.3 is 0 Å². The van der Waals surface area contributed by atoms with Gasteiger partial charge in [-0.1, -0.05) is 0 Å². The summed E-state index contributed by atoms with van der Waals surface area (Å²) in [5.74, 6) is 2.15. The van der Waals surface area contributed by atoms with Crippen LogP contribution in [-0.4, -0.2) is 10.7 Å². The molecule has 2 saturated carbocycles. The van der Waals surface area contributed by atoms with Crippen LogP contribution in [0.3, 0.4) is 0 Å². The van der Waals surface area contributed by atoms with Gasteiger partial charge in [-0.3, -0.25) is 0 Å². The van der Waals surface area contributed by atoms with Crippen LogP contribution >= 0.6 is 34.8 Å². The minimum atomic E-state index is -0.214. The maximum atomic E-state index is 6.05. The number of hydrogen-bond acceptors (Lipinski definition) is 0. The van der Waals surface area contributed by atoms with Crippen molar-refractivity contribution in [2.75, 3.05) is 5.88 Å². The lowest BCUT2D eigenvalue weighted by Gasteiger charge is -2.35. The minimum absolute atomic E-state index is 0.176. The SMILES string of the molecule is ClCC1CC2CCC1(C(Cl)Cl)C2. The molecule has 0 aromatic carbocycles. The third kappa shape index (κ3) is 1.19. The lowest BCUT2D eigenvalue weighted by molar-refractivity contribution is 0.223. The average Bonchev–Trinajstić information content (AvgIpc) is 2.60. The van der Waals surface area contributed by atoms with Gasteiger partial charge in [0.25, 0.3) is 0 Å². The maximum absolute atomic E-state index is 6.05. The highest BCUT2D eigenvalue weighted by Gasteiger charge is 2.54. The van der Waals surface area contributed by atoms with Gasteiger partial charge in [-0.15, -0.1) is 34.8 Å². The van der Waals surface area contributed by atoms with E-state index in [2.05, 4.69) is 0 Å². The largest absolute Gasteiger partial charge is 0.126 e. The van der Waals surface area contributed by atoms with Crippen molar-refractivity contribution in [1.82, 2.24) is 0 Å². The molecule has 0 aromatic heterocycles. The first-order valence-corrected chi connectivity index (χ1v) is 5.94. The molecule has 0 aromatic rings. The summed E-state index contributed by atoms with van der Waals surface area (Å²) < 4.78 is 0.